The second kappa shape index (κ2) is 6.61. The van der Waals surface area contributed by atoms with Crippen molar-refractivity contribution in [3.8, 4) is 11.5 Å². The lowest BCUT2D eigenvalue weighted by atomic mass is 10.1. The third-order valence-corrected chi connectivity index (χ3v) is 3.48. The van der Waals surface area contributed by atoms with Gasteiger partial charge in [0.25, 0.3) is 0 Å². The molecular formula is C15H21NO4. The number of hydrogen-bond donors (Lipinski definition) is 1. The lowest BCUT2D eigenvalue weighted by Crippen LogP contribution is -2.18. The molecule has 5 nitrogen and oxygen atoms in total. The highest BCUT2D eigenvalue weighted by atomic mass is 16.6. The summed E-state index contributed by atoms with van der Waals surface area (Å²) < 4.78 is 16.8. The third-order valence-electron chi connectivity index (χ3n) is 3.48. The zero-order chi connectivity index (χ0) is 14.5. The van der Waals surface area contributed by atoms with Crippen LogP contribution in [0.15, 0.2) is 23.4 Å². The summed E-state index contributed by atoms with van der Waals surface area (Å²) in [6.45, 7) is 4.32. The van der Waals surface area contributed by atoms with Gasteiger partial charge in [-0.2, -0.15) is 0 Å². The molecule has 0 aromatic heterocycles. The standard InChI is InChI=1S/C15H21NO4/c1-10-4-6-13(20-10)9-19-14-7-5-12(11(2)16-17)8-15(14)18-3/h5,7-8,10,13,17H,4,6,9H2,1-3H3/b16-11+. The van der Waals surface area contributed by atoms with Crippen molar-refractivity contribution in [2.24, 2.45) is 5.16 Å². The Labute approximate surface area is 119 Å². The van der Waals surface area contributed by atoms with Crippen LogP contribution in [0.1, 0.15) is 32.3 Å². The average molecular weight is 279 g/mol. The van der Waals surface area contributed by atoms with Gasteiger partial charge in [-0.05, 0) is 44.9 Å². The molecule has 1 N–H and O–H groups in total. The van der Waals surface area contributed by atoms with E-state index < -0.39 is 0 Å². The van der Waals surface area contributed by atoms with E-state index in [2.05, 4.69) is 12.1 Å². The number of benzene rings is 1. The maximum atomic E-state index is 8.79. The Balaban J connectivity index is 2.04. The van der Waals surface area contributed by atoms with Crippen LogP contribution in [-0.4, -0.2) is 36.8 Å². The topological polar surface area (TPSA) is 60.3 Å². The van der Waals surface area contributed by atoms with Gasteiger partial charge in [0.2, 0.25) is 0 Å². The molecule has 0 amide bonds. The average Bonchev–Trinajstić information content (AvgIpc) is 2.89. The summed E-state index contributed by atoms with van der Waals surface area (Å²) in [6, 6.07) is 5.45. The molecule has 0 radical (unpaired) electrons. The maximum absolute atomic E-state index is 8.79. The molecule has 0 spiro atoms. The zero-order valence-electron chi connectivity index (χ0n) is 12.1. The predicted molar refractivity (Wildman–Crippen MR) is 76.1 cm³/mol. The van der Waals surface area contributed by atoms with Gasteiger partial charge in [0.1, 0.15) is 6.61 Å². The second-order valence-corrected chi connectivity index (χ2v) is 5.01. The van der Waals surface area contributed by atoms with Crippen LogP contribution in [0.3, 0.4) is 0 Å². The van der Waals surface area contributed by atoms with Crippen molar-refractivity contribution in [2.75, 3.05) is 13.7 Å². The molecule has 2 atom stereocenters. The first-order valence-corrected chi connectivity index (χ1v) is 6.79. The molecule has 1 aromatic rings. The zero-order valence-corrected chi connectivity index (χ0v) is 12.1. The van der Waals surface area contributed by atoms with Crippen molar-refractivity contribution in [2.45, 2.75) is 38.9 Å². The van der Waals surface area contributed by atoms with E-state index in [4.69, 9.17) is 19.4 Å². The van der Waals surface area contributed by atoms with E-state index >= 15 is 0 Å². The third kappa shape index (κ3) is 3.42. The first kappa shape index (κ1) is 14.7. The Hall–Kier alpha value is -1.75. The molecule has 0 saturated carbocycles. The summed E-state index contributed by atoms with van der Waals surface area (Å²) in [4.78, 5) is 0. The molecule has 1 aliphatic rings. The van der Waals surface area contributed by atoms with Crippen molar-refractivity contribution in [3.05, 3.63) is 23.8 Å². The van der Waals surface area contributed by atoms with Crippen LogP contribution < -0.4 is 9.47 Å². The maximum Gasteiger partial charge on any atom is 0.161 e. The van der Waals surface area contributed by atoms with Crippen molar-refractivity contribution >= 4 is 5.71 Å². The molecule has 1 fully saturated rings. The normalized spacial score (nSPS) is 22.9. The largest absolute Gasteiger partial charge is 0.493 e. The van der Waals surface area contributed by atoms with Crippen molar-refractivity contribution in [1.82, 2.24) is 0 Å². The summed E-state index contributed by atoms with van der Waals surface area (Å²) >= 11 is 0. The molecular weight excluding hydrogens is 258 g/mol. The monoisotopic (exact) mass is 279 g/mol. The second-order valence-electron chi connectivity index (χ2n) is 5.01. The van der Waals surface area contributed by atoms with Gasteiger partial charge in [0, 0.05) is 5.56 Å². The van der Waals surface area contributed by atoms with Crippen LogP contribution in [0, 0.1) is 0 Å². The van der Waals surface area contributed by atoms with Crippen molar-refractivity contribution in [1.29, 1.82) is 0 Å². The smallest absolute Gasteiger partial charge is 0.161 e. The highest BCUT2D eigenvalue weighted by Crippen LogP contribution is 2.29. The summed E-state index contributed by atoms with van der Waals surface area (Å²) in [5, 5.41) is 12.0. The lowest BCUT2D eigenvalue weighted by molar-refractivity contribution is 0.0259. The van der Waals surface area contributed by atoms with Gasteiger partial charge < -0.3 is 19.4 Å². The van der Waals surface area contributed by atoms with Crippen LogP contribution in [-0.2, 0) is 4.74 Å². The Morgan fingerprint density at radius 1 is 1.40 bits per heavy atom. The lowest BCUT2D eigenvalue weighted by Gasteiger charge is -2.15. The van der Waals surface area contributed by atoms with E-state index in [1.165, 1.54) is 0 Å². The first-order chi connectivity index (χ1) is 9.63. The van der Waals surface area contributed by atoms with E-state index in [0.717, 1.165) is 18.4 Å². The minimum Gasteiger partial charge on any atom is -0.493 e. The van der Waals surface area contributed by atoms with E-state index in [9.17, 15) is 0 Å². The number of oxime groups is 1. The van der Waals surface area contributed by atoms with Crippen molar-refractivity contribution < 1.29 is 19.4 Å². The number of nitrogens with zero attached hydrogens (tertiary/aromatic N) is 1. The molecule has 0 aliphatic carbocycles. The molecule has 110 valence electrons. The minimum absolute atomic E-state index is 0.148. The van der Waals surface area contributed by atoms with Crippen LogP contribution in [0.4, 0.5) is 0 Å². The van der Waals surface area contributed by atoms with Crippen LogP contribution in [0.2, 0.25) is 0 Å². The number of methoxy groups -OCH3 is 1. The molecule has 5 heteroatoms. The van der Waals surface area contributed by atoms with Gasteiger partial charge in [0.05, 0.1) is 25.0 Å². The number of hydrogen-bond acceptors (Lipinski definition) is 5. The molecule has 0 bridgehead atoms. The summed E-state index contributed by atoms with van der Waals surface area (Å²) in [6.07, 6.45) is 2.57. The molecule has 2 rings (SSSR count). The fraction of sp³-hybridized carbons (Fsp3) is 0.533. The summed E-state index contributed by atoms with van der Waals surface area (Å²) in [5.41, 5.74) is 1.32. The molecule has 2 unspecified atom stereocenters. The van der Waals surface area contributed by atoms with Gasteiger partial charge in [-0.3, -0.25) is 0 Å². The van der Waals surface area contributed by atoms with Gasteiger partial charge >= 0.3 is 0 Å². The highest BCUT2D eigenvalue weighted by Gasteiger charge is 2.22. The SMILES string of the molecule is COc1cc(/C(C)=N/O)ccc1OCC1CCC(C)O1. The Kier molecular flexibility index (Phi) is 4.84. The van der Waals surface area contributed by atoms with E-state index in [-0.39, 0.29) is 6.10 Å². The summed E-state index contributed by atoms with van der Waals surface area (Å²) in [7, 11) is 1.59. The highest BCUT2D eigenvalue weighted by molar-refractivity contribution is 5.98. The first-order valence-electron chi connectivity index (χ1n) is 6.79. The van der Waals surface area contributed by atoms with Gasteiger partial charge in [-0.1, -0.05) is 5.16 Å². The molecule has 1 aliphatic heterocycles. The molecule has 1 saturated heterocycles. The van der Waals surface area contributed by atoms with E-state index in [0.29, 0.717) is 29.9 Å². The van der Waals surface area contributed by atoms with Gasteiger partial charge in [-0.15, -0.1) is 0 Å². The molecule has 20 heavy (non-hydrogen) atoms. The Bertz CT molecular complexity index is 487. The Morgan fingerprint density at radius 3 is 2.80 bits per heavy atom. The minimum atomic E-state index is 0.148. The van der Waals surface area contributed by atoms with Crippen LogP contribution in [0.25, 0.3) is 0 Å². The van der Waals surface area contributed by atoms with Gasteiger partial charge in [-0.25, -0.2) is 0 Å². The number of ether oxygens (including phenoxy) is 3. The number of rotatable bonds is 5. The molecule has 1 heterocycles. The van der Waals surface area contributed by atoms with E-state index in [1.807, 2.05) is 12.1 Å². The fourth-order valence-electron chi connectivity index (χ4n) is 2.26. The van der Waals surface area contributed by atoms with E-state index in [1.54, 1.807) is 20.1 Å². The van der Waals surface area contributed by atoms with Crippen molar-refractivity contribution in [3.63, 3.8) is 0 Å². The van der Waals surface area contributed by atoms with Crippen LogP contribution >= 0.6 is 0 Å². The van der Waals surface area contributed by atoms with Crippen LogP contribution in [0.5, 0.6) is 11.5 Å². The van der Waals surface area contributed by atoms with Gasteiger partial charge in [0.15, 0.2) is 11.5 Å². The fourth-order valence-corrected chi connectivity index (χ4v) is 2.26. The predicted octanol–water partition coefficient (Wildman–Crippen LogP) is 2.84. The quantitative estimate of drug-likeness (QED) is 0.511. The Morgan fingerprint density at radius 2 is 2.20 bits per heavy atom. The molecule has 1 aromatic carbocycles. The summed E-state index contributed by atoms with van der Waals surface area (Å²) in [5.74, 6) is 1.29.